The zero-order valence-electron chi connectivity index (χ0n) is 21.8. The Kier molecular flexibility index (Phi) is 6.82. The van der Waals surface area contributed by atoms with E-state index in [0.29, 0.717) is 66.5 Å². The number of hydrogen-bond acceptors (Lipinski definition) is 10. The van der Waals surface area contributed by atoms with Crippen LogP contribution >= 0.6 is 0 Å². The second-order valence-corrected chi connectivity index (χ2v) is 10.3. The van der Waals surface area contributed by atoms with E-state index in [4.69, 9.17) is 23.8 Å². The Morgan fingerprint density at radius 1 is 1.13 bits per heavy atom. The summed E-state index contributed by atoms with van der Waals surface area (Å²) < 4.78 is 22.5. The van der Waals surface area contributed by atoms with Crippen LogP contribution in [-0.2, 0) is 11.2 Å². The first-order valence-electron chi connectivity index (χ1n) is 13.3. The fraction of sp³-hybridized carbons (Fsp3) is 0.429. The number of nitrogens with zero attached hydrogens (tertiary/aromatic N) is 3. The molecule has 2 atom stereocenters. The molecule has 4 aromatic rings. The van der Waals surface area contributed by atoms with Gasteiger partial charge >= 0.3 is 0 Å². The SMILES string of the molecule is C[C@@H]1CCCC[C@@H]1Nc1cnc(C(N)=O)c(Cc2conc2-c2coc3c(=O)cc(N4CCOCC4)oc23)c1. The molecule has 0 radical (unpaired) electrons. The summed E-state index contributed by atoms with van der Waals surface area (Å²) in [4.78, 5) is 31.4. The number of hydrogen-bond donors (Lipinski definition) is 2. The summed E-state index contributed by atoms with van der Waals surface area (Å²) in [6.07, 6.45) is 9.59. The Morgan fingerprint density at radius 2 is 1.95 bits per heavy atom. The highest BCUT2D eigenvalue weighted by molar-refractivity contribution is 5.93. The maximum absolute atomic E-state index is 12.8. The first kappa shape index (κ1) is 25.2. The highest BCUT2D eigenvalue weighted by atomic mass is 16.5. The van der Waals surface area contributed by atoms with Gasteiger partial charge in [-0.05, 0) is 30.4 Å². The van der Waals surface area contributed by atoms with Gasteiger partial charge in [-0.1, -0.05) is 24.9 Å². The number of carbonyl (C=O) groups is 1. The van der Waals surface area contributed by atoms with Crippen LogP contribution in [0, 0.1) is 5.92 Å². The number of fused-ring (bicyclic) bond motifs is 1. The molecular weight excluding hydrogens is 502 g/mol. The lowest BCUT2D eigenvalue weighted by atomic mass is 9.86. The number of nitrogens with two attached hydrogens (primary N) is 1. The third-order valence-electron chi connectivity index (χ3n) is 7.70. The smallest absolute Gasteiger partial charge is 0.267 e. The van der Waals surface area contributed by atoms with Gasteiger partial charge < -0.3 is 34.0 Å². The minimum absolute atomic E-state index is 0.100. The summed E-state index contributed by atoms with van der Waals surface area (Å²) in [6, 6.07) is 3.69. The molecule has 0 bridgehead atoms. The second-order valence-electron chi connectivity index (χ2n) is 10.3. The lowest BCUT2D eigenvalue weighted by molar-refractivity contribution is 0.0994. The number of pyridine rings is 1. The number of rotatable bonds is 7. The number of furan rings is 1. The van der Waals surface area contributed by atoms with Crippen molar-refractivity contribution in [1.82, 2.24) is 10.1 Å². The molecule has 0 spiro atoms. The number of carbonyl (C=O) groups excluding carboxylic acids is 1. The molecule has 204 valence electrons. The maximum Gasteiger partial charge on any atom is 0.267 e. The lowest BCUT2D eigenvalue weighted by Gasteiger charge is -2.30. The van der Waals surface area contributed by atoms with Crippen molar-refractivity contribution >= 4 is 28.6 Å². The Morgan fingerprint density at radius 3 is 2.74 bits per heavy atom. The molecule has 1 amide bonds. The summed E-state index contributed by atoms with van der Waals surface area (Å²) in [5, 5.41) is 7.79. The largest absolute Gasteiger partial charge is 0.456 e. The molecule has 1 aliphatic carbocycles. The predicted molar refractivity (Wildman–Crippen MR) is 144 cm³/mol. The van der Waals surface area contributed by atoms with E-state index in [9.17, 15) is 9.59 Å². The molecule has 2 fully saturated rings. The van der Waals surface area contributed by atoms with Crippen molar-refractivity contribution in [2.24, 2.45) is 11.7 Å². The fourth-order valence-electron chi connectivity index (χ4n) is 5.53. The fourth-order valence-corrected chi connectivity index (χ4v) is 5.53. The van der Waals surface area contributed by atoms with Crippen LogP contribution in [0.4, 0.5) is 11.6 Å². The molecule has 5 heterocycles. The van der Waals surface area contributed by atoms with Crippen molar-refractivity contribution in [2.75, 3.05) is 36.5 Å². The highest BCUT2D eigenvalue weighted by Crippen LogP contribution is 2.34. The van der Waals surface area contributed by atoms with Gasteiger partial charge in [0, 0.05) is 31.1 Å². The quantitative estimate of drug-likeness (QED) is 0.357. The van der Waals surface area contributed by atoms with Crippen LogP contribution in [0.1, 0.15) is 54.2 Å². The van der Waals surface area contributed by atoms with Gasteiger partial charge in [-0.25, -0.2) is 4.98 Å². The first-order chi connectivity index (χ1) is 19.0. The van der Waals surface area contributed by atoms with E-state index in [1.54, 1.807) is 6.20 Å². The normalized spacial score (nSPS) is 19.9. The molecule has 3 N–H and O–H groups in total. The van der Waals surface area contributed by atoms with Gasteiger partial charge in [-0.2, -0.15) is 0 Å². The highest BCUT2D eigenvalue weighted by Gasteiger charge is 2.25. The molecule has 0 aromatic carbocycles. The van der Waals surface area contributed by atoms with E-state index < -0.39 is 5.91 Å². The first-order valence-corrected chi connectivity index (χ1v) is 13.3. The van der Waals surface area contributed by atoms with Crippen LogP contribution < -0.4 is 21.4 Å². The molecule has 0 unspecified atom stereocenters. The zero-order chi connectivity index (χ0) is 26.9. The number of ether oxygens (including phenoxy) is 1. The average molecular weight is 534 g/mol. The summed E-state index contributed by atoms with van der Waals surface area (Å²) >= 11 is 0. The van der Waals surface area contributed by atoms with Crippen LogP contribution in [0.25, 0.3) is 22.4 Å². The van der Waals surface area contributed by atoms with Crippen molar-refractivity contribution in [3.8, 4) is 11.3 Å². The minimum atomic E-state index is -0.615. The van der Waals surface area contributed by atoms with E-state index in [1.807, 2.05) is 11.0 Å². The molecule has 11 nitrogen and oxygen atoms in total. The lowest BCUT2D eigenvalue weighted by Crippen LogP contribution is -2.36. The molecule has 2 aliphatic rings. The maximum atomic E-state index is 12.8. The number of primary amides is 1. The Hall–Kier alpha value is -4.12. The summed E-state index contributed by atoms with van der Waals surface area (Å²) in [5.74, 6) is 0.379. The van der Waals surface area contributed by atoms with Crippen molar-refractivity contribution < 1.29 is 22.9 Å². The van der Waals surface area contributed by atoms with Crippen LogP contribution in [0.5, 0.6) is 0 Å². The van der Waals surface area contributed by atoms with E-state index >= 15 is 0 Å². The Balaban J connectivity index is 1.34. The number of anilines is 2. The van der Waals surface area contributed by atoms with Crippen LogP contribution in [-0.4, -0.2) is 48.4 Å². The standard InChI is InChI=1S/C28H31N5O6/c1-16-4-2-3-5-21(16)31-19-11-17(25(28(29)35)30-13-19)10-18-14-38-32-24(18)20-15-37-27-22(34)12-23(39-26(20)27)33-6-8-36-9-7-33/h11-16,21,31H,2-10H2,1H3,(H2,29,35)/t16-,21+/m1/s1. The van der Waals surface area contributed by atoms with Crippen molar-refractivity contribution in [3.63, 3.8) is 0 Å². The Labute approximate surface area is 224 Å². The average Bonchev–Trinajstić information content (AvgIpc) is 3.57. The van der Waals surface area contributed by atoms with E-state index in [0.717, 1.165) is 12.1 Å². The van der Waals surface area contributed by atoms with E-state index in [2.05, 4.69) is 22.4 Å². The van der Waals surface area contributed by atoms with E-state index in [-0.39, 0.29) is 28.7 Å². The summed E-state index contributed by atoms with van der Waals surface area (Å²) in [7, 11) is 0. The van der Waals surface area contributed by atoms with Crippen LogP contribution in [0.3, 0.4) is 0 Å². The third kappa shape index (κ3) is 5.01. The number of amides is 1. The molecular formula is C28H31N5O6. The zero-order valence-corrected chi connectivity index (χ0v) is 21.8. The van der Waals surface area contributed by atoms with Crippen LogP contribution in [0.15, 0.2) is 49.0 Å². The molecule has 6 rings (SSSR count). The van der Waals surface area contributed by atoms with Gasteiger partial charge in [0.1, 0.15) is 23.9 Å². The molecule has 1 aliphatic heterocycles. The summed E-state index contributed by atoms with van der Waals surface area (Å²) in [5.41, 5.74) is 9.04. The molecule has 4 aromatic heterocycles. The molecule has 11 heteroatoms. The van der Waals surface area contributed by atoms with Crippen molar-refractivity contribution in [3.05, 3.63) is 57.9 Å². The Bertz CT molecular complexity index is 1550. The van der Waals surface area contributed by atoms with Gasteiger partial charge in [0.2, 0.25) is 11.0 Å². The van der Waals surface area contributed by atoms with Gasteiger partial charge in [0.25, 0.3) is 5.91 Å². The van der Waals surface area contributed by atoms with Crippen molar-refractivity contribution in [2.45, 2.75) is 45.1 Å². The van der Waals surface area contributed by atoms with Gasteiger partial charge in [-0.3, -0.25) is 9.59 Å². The number of nitrogens with one attached hydrogen (secondary N) is 1. The second kappa shape index (κ2) is 10.6. The third-order valence-corrected chi connectivity index (χ3v) is 7.70. The number of morpholine rings is 1. The predicted octanol–water partition coefficient (Wildman–Crippen LogP) is 3.95. The van der Waals surface area contributed by atoms with Crippen molar-refractivity contribution in [1.29, 1.82) is 0 Å². The molecule has 1 saturated carbocycles. The van der Waals surface area contributed by atoms with Gasteiger partial charge in [0.05, 0.1) is 36.7 Å². The van der Waals surface area contributed by atoms with Gasteiger partial charge in [0.15, 0.2) is 11.5 Å². The minimum Gasteiger partial charge on any atom is -0.456 e. The van der Waals surface area contributed by atoms with Crippen LogP contribution in [0.2, 0.25) is 0 Å². The topological polar surface area (TPSA) is 150 Å². The number of aromatic nitrogens is 2. The molecule has 39 heavy (non-hydrogen) atoms. The van der Waals surface area contributed by atoms with E-state index in [1.165, 1.54) is 37.9 Å². The monoisotopic (exact) mass is 533 g/mol. The summed E-state index contributed by atoms with van der Waals surface area (Å²) in [6.45, 7) is 4.59. The van der Waals surface area contributed by atoms with Gasteiger partial charge in [-0.15, -0.1) is 0 Å². The molecule has 1 saturated heterocycles.